The van der Waals surface area contributed by atoms with Crippen LogP contribution in [0.4, 0.5) is 5.82 Å². The summed E-state index contributed by atoms with van der Waals surface area (Å²) >= 11 is 1.57. The number of carbonyl (C=O) groups is 1. The molecule has 0 spiro atoms. The van der Waals surface area contributed by atoms with Gasteiger partial charge in [-0.25, -0.2) is 9.78 Å². The maximum absolute atomic E-state index is 12.5. The summed E-state index contributed by atoms with van der Waals surface area (Å²) in [5, 5.41) is 5.94. The van der Waals surface area contributed by atoms with Gasteiger partial charge in [0.2, 0.25) is 0 Å². The van der Waals surface area contributed by atoms with Crippen LogP contribution in [0.2, 0.25) is 0 Å². The van der Waals surface area contributed by atoms with Crippen LogP contribution in [0.5, 0.6) is 0 Å². The topological polar surface area (TPSA) is 68.5 Å². The quantitative estimate of drug-likeness (QED) is 0.649. The molecule has 0 atom stereocenters. The van der Waals surface area contributed by atoms with E-state index in [9.17, 15) is 4.79 Å². The van der Waals surface area contributed by atoms with E-state index in [0.29, 0.717) is 22.8 Å². The highest BCUT2D eigenvalue weighted by atomic mass is 32.1. The van der Waals surface area contributed by atoms with Crippen LogP contribution < -0.4 is 4.90 Å². The average Bonchev–Trinajstić information content (AvgIpc) is 3.41. The number of nitrogens with zero attached hydrogens (tertiary/aromatic N) is 3. The van der Waals surface area contributed by atoms with Crippen molar-refractivity contribution in [2.75, 3.05) is 18.0 Å². The molecular weight excluding hydrogens is 338 g/mol. The monoisotopic (exact) mass is 355 g/mol. The van der Waals surface area contributed by atoms with Crippen molar-refractivity contribution in [3.05, 3.63) is 53.2 Å². The van der Waals surface area contributed by atoms with Gasteiger partial charge in [-0.15, -0.1) is 11.3 Å². The molecule has 7 heteroatoms. The number of esters is 1. The molecule has 0 aromatic carbocycles. The Morgan fingerprint density at radius 3 is 2.96 bits per heavy atom. The summed E-state index contributed by atoms with van der Waals surface area (Å²) in [4.78, 5) is 20.0. The Hall–Kier alpha value is -2.67. The standard InChI is InChI=1S/C18H17N3O3S/c22-18(14-5-3-7-19-17(14)21-8-1-2-9-21)23-12-13-11-15(24-20-13)16-6-4-10-25-16/h3-7,10-11H,1-2,8-9,12H2. The number of carbonyl (C=O) groups excluding carboxylic acids is 1. The van der Waals surface area contributed by atoms with Gasteiger partial charge in [0.1, 0.15) is 23.7 Å². The Kier molecular flexibility index (Phi) is 4.47. The van der Waals surface area contributed by atoms with E-state index in [0.717, 1.165) is 30.8 Å². The Morgan fingerprint density at radius 2 is 2.16 bits per heavy atom. The summed E-state index contributed by atoms with van der Waals surface area (Å²) in [7, 11) is 0. The van der Waals surface area contributed by atoms with E-state index in [4.69, 9.17) is 9.26 Å². The minimum absolute atomic E-state index is 0.0715. The van der Waals surface area contributed by atoms with Crippen LogP contribution in [0.25, 0.3) is 10.6 Å². The van der Waals surface area contributed by atoms with Gasteiger partial charge < -0.3 is 14.2 Å². The molecule has 0 bridgehead atoms. The molecular formula is C18H17N3O3S. The van der Waals surface area contributed by atoms with Crippen LogP contribution >= 0.6 is 11.3 Å². The molecule has 1 aliphatic heterocycles. The lowest BCUT2D eigenvalue weighted by molar-refractivity contribution is 0.0464. The second kappa shape index (κ2) is 7.06. The molecule has 0 unspecified atom stereocenters. The van der Waals surface area contributed by atoms with E-state index in [2.05, 4.69) is 15.0 Å². The van der Waals surface area contributed by atoms with Gasteiger partial charge in [0.25, 0.3) is 0 Å². The summed E-state index contributed by atoms with van der Waals surface area (Å²) in [6.07, 6.45) is 3.94. The van der Waals surface area contributed by atoms with Gasteiger partial charge in [0.05, 0.1) is 4.88 Å². The normalized spacial score (nSPS) is 14.0. The van der Waals surface area contributed by atoms with Gasteiger partial charge in [-0.3, -0.25) is 0 Å². The molecule has 4 heterocycles. The fraction of sp³-hybridized carbons (Fsp3) is 0.278. The smallest absolute Gasteiger partial charge is 0.342 e. The highest BCUT2D eigenvalue weighted by Gasteiger charge is 2.21. The van der Waals surface area contributed by atoms with Crippen molar-refractivity contribution in [1.82, 2.24) is 10.1 Å². The molecule has 6 nitrogen and oxygen atoms in total. The number of rotatable bonds is 5. The summed E-state index contributed by atoms with van der Waals surface area (Å²) in [5.74, 6) is 0.986. The van der Waals surface area contributed by atoms with E-state index in [1.165, 1.54) is 0 Å². The SMILES string of the molecule is O=C(OCc1cc(-c2cccs2)on1)c1cccnc1N1CCCC1. The van der Waals surface area contributed by atoms with Crippen LogP contribution in [-0.4, -0.2) is 29.2 Å². The Bertz CT molecular complexity index is 854. The zero-order valence-corrected chi connectivity index (χ0v) is 14.4. The largest absolute Gasteiger partial charge is 0.455 e. The Morgan fingerprint density at radius 1 is 1.28 bits per heavy atom. The molecule has 0 saturated carbocycles. The molecule has 0 radical (unpaired) electrons. The van der Waals surface area contributed by atoms with E-state index in [1.807, 2.05) is 17.5 Å². The average molecular weight is 355 g/mol. The molecule has 0 aliphatic carbocycles. The van der Waals surface area contributed by atoms with Gasteiger partial charge in [0, 0.05) is 25.4 Å². The van der Waals surface area contributed by atoms with E-state index < -0.39 is 5.97 Å². The van der Waals surface area contributed by atoms with Crippen LogP contribution in [-0.2, 0) is 11.3 Å². The highest BCUT2D eigenvalue weighted by Crippen LogP contribution is 2.26. The van der Waals surface area contributed by atoms with Crippen molar-refractivity contribution >= 4 is 23.1 Å². The molecule has 25 heavy (non-hydrogen) atoms. The number of hydrogen-bond donors (Lipinski definition) is 0. The van der Waals surface area contributed by atoms with Crippen molar-refractivity contribution in [2.24, 2.45) is 0 Å². The van der Waals surface area contributed by atoms with E-state index >= 15 is 0 Å². The van der Waals surface area contributed by atoms with Gasteiger partial charge >= 0.3 is 5.97 Å². The third-order valence-electron chi connectivity index (χ3n) is 4.09. The fourth-order valence-corrected chi connectivity index (χ4v) is 3.54. The van der Waals surface area contributed by atoms with Crippen molar-refractivity contribution < 1.29 is 14.1 Å². The molecule has 1 saturated heterocycles. The summed E-state index contributed by atoms with van der Waals surface area (Å²) in [6.45, 7) is 1.91. The number of anilines is 1. The zero-order chi connectivity index (χ0) is 17.1. The van der Waals surface area contributed by atoms with Crippen LogP contribution in [0.1, 0.15) is 28.9 Å². The summed E-state index contributed by atoms with van der Waals surface area (Å²) in [6, 6.07) is 9.21. The number of ether oxygens (including phenoxy) is 1. The number of pyridine rings is 1. The predicted octanol–water partition coefficient (Wildman–Crippen LogP) is 3.76. The van der Waals surface area contributed by atoms with Crippen LogP contribution in [0, 0.1) is 0 Å². The lowest BCUT2D eigenvalue weighted by atomic mass is 10.2. The maximum Gasteiger partial charge on any atom is 0.342 e. The molecule has 4 rings (SSSR count). The number of thiophene rings is 1. The molecule has 3 aromatic heterocycles. The first-order valence-corrected chi connectivity index (χ1v) is 9.06. The molecule has 1 fully saturated rings. The molecule has 128 valence electrons. The number of aromatic nitrogens is 2. The van der Waals surface area contributed by atoms with Crippen LogP contribution in [0.3, 0.4) is 0 Å². The number of hydrogen-bond acceptors (Lipinski definition) is 7. The Balaban J connectivity index is 1.44. The summed E-state index contributed by atoms with van der Waals surface area (Å²) < 4.78 is 10.7. The second-order valence-corrected chi connectivity index (χ2v) is 6.75. The van der Waals surface area contributed by atoms with E-state index in [1.54, 1.807) is 35.7 Å². The fourth-order valence-electron chi connectivity index (χ4n) is 2.87. The molecule has 3 aromatic rings. The maximum atomic E-state index is 12.5. The molecule has 0 amide bonds. The molecule has 0 N–H and O–H groups in total. The molecule has 1 aliphatic rings. The Labute approximate surface area is 149 Å². The lowest BCUT2D eigenvalue weighted by Crippen LogP contribution is -2.22. The zero-order valence-electron chi connectivity index (χ0n) is 13.6. The second-order valence-electron chi connectivity index (χ2n) is 5.80. The van der Waals surface area contributed by atoms with Gasteiger partial charge in [-0.05, 0) is 36.4 Å². The van der Waals surface area contributed by atoms with Crippen molar-refractivity contribution in [3.8, 4) is 10.6 Å². The third-order valence-corrected chi connectivity index (χ3v) is 4.97. The third kappa shape index (κ3) is 3.41. The van der Waals surface area contributed by atoms with Crippen molar-refractivity contribution in [1.29, 1.82) is 0 Å². The highest BCUT2D eigenvalue weighted by molar-refractivity contribution is 7.13. The van der Waals surface area contributed by atoms with E-state index in [-0.39, 0.29) is 6.61 Å². The minimum Gasteiger partial charge on any atom is -0.455 e. The van der Waals surface area contributed by atoms with Crippen LogP contribution in [0.15, 0.2) is 46.4 Å². The van der Waals surface area contributed by atoms with Gasteiger partial charge in [0.15, 0.2) is 5.76 Å². The first kappa shape index (κ1) is 15.8. The minimum atomic E-state index is -0.393. The van der Waals surface area contributed by atoms with Gasteiger partial charge in [-0.1, -0.05) is 11.2 Å². The van der Waals surface area contributed by atoms with Crippen molar-refractivity contribution in [2.45, 2.75) is 19.4 Å². The first-order valence-electron chi connectivity index (χ1n) is 8.18. The first-order chi connectivity index (χ1) is 12.3. The summed E-state index contributed by atoms with van der Waals surface area (Å²) in [5.41, 5.74) is 1.08. The van der Waals surface area contributed by atoms with Crippen molar-refractivity contribution in [3.63, 3.8) is 0 Å². The predicted molar refractivity (Wildman–Crippen MR) is 94.6 cm³/mol. The lowest BCUT2D eigenvalue weighted by Gasteiger charge is -2.18. The van der Waals surface area contributed by atoms with Gasteiger partial charge in [-0.2, -0.15) is 0 Å².